The number of nitrogens with zero attached hydrogens (tertiary/aromatic N) is 3. The molecule has 2 aromatic heterocycles. The number of aryl methyl sites for hydroxylation is 1. The number of rotatable bonds is 5. The van der Waals surface area contributed by atoms with Crippen molar-refractivity contribution in [1.82, 2.24) is 19.9 Å². The Labute approximate surface area is 169 Å². The molecule has 0 saturated carbocycles. The maximum Gasteiger partial charge on any atom is 0.573 e. The molecule has 0 radical (unpaired) electrons. The third kappa shape index (κ3) is 3.91. The summed E-state index contributed by atoms with van der Waals surface area (Å²) < 4.78 is 43.4. The Bertz CT molecular complexity index is 1230. The summed E-state index contributed by atoms with van der Waals surface area (Å²) in [5, 5.41) is 8.03. The maximum absolute atomic E-state index is 12.6. The first-order valence-corrected chi connectivity index (χ1v) is 9.25. The summed E-state index contributed by atoms with van der Waals surface area (Å²) in [6.07, 6.45) is -4.22. The smallest absolute Gasteiger partial charge is 0.405 e. The zero-order valence-corrected chi connectivity index (χ0v) is 15.9. The second kappa shape index (κ2) is 7.66. The van der Waals surface area contributed by atoms with E-state index in [1.54, 1.807) is 4.52 Å². The van der Waals surface area contributed by atoms with Crippen molar-refractivity contribution in [2.24, 2.45) is 0 Å². The molecular formula is C21H17F3N4O2. The lowest BCUT2D eigenvalue weighted by Gasteiger charge is -2.12. The lowest BCUT2D eigenvalue weighted by Crippen LogP contribution is -2.25. The van der Waals surface area contributed by atoms with Gasteiger partial charge >= 0.3 is 6.36 Å². The van der Waals surface area contributed by atoms with Crippen LogP contribution in [0.5, 0.6) is 5.75 Å². The number of fused-ring (bicyclic) bond motifs is 3. The Morgan fingerprint density at radius 3 is 2.63 bits per heavy atom. The number of ether oxygens (including phenoxy) is 1. The quantitative estimate of drug-likeness (QED) is 0.530. The second-order valence-electron chi connectivity index (χ2n) is 6.56. The van der Waals surface area contributed by atoms with Crippen molar-refractivity contribution in [3.63, 3.8) is 0 Å². The van der Waals surface area contributed by atoms with Gasteiger partial charge < -0.3 is 10.1 Å². The van der Waals surface area contributed by atoms with Crippen LogP contribution < -0.4 is 10.1 Å². The zero-order valence-electron chi connectivity index (χ0n) is 15.9. The van der Waals surface area contributed by atoms with Crippen molar-refractivity contribution < 1.29 is 22.7 Å². The summed E-state index contributed by atoms with van der Waals surface area (Å²) in [5.41, 5.74) is 2.04. The topological polar surface area (TPSA) is 68.5 Å². The minimum Gasteiger partial charge on any atom is -0.405 e. The fourth-order valence-electron chi connectivity index (χ4n) is 3.24. The van der Waals surface area contributed by atoms with Crippen molar-refractivity contribution in [3.8, 4) is 5.75 Å². The number of halogens is 3. The van der Waals surface area contributed by atoms with Crippen LogP contribution in [0.3, 0.4) is 0 Å². The molecular weight excluding hydrogens is 397 g/mol. The molecule has 0 unspecified atom stereocenters. The number of para-hydroxylation sites is 2. The summed E-state index contributed by atoms with van der Waals surface area (Å²) >= 11 is 0. The van der Waals surface area contributed by atoms with E-state index in [1.165, 1.54) is 18.2 Å². The average molecular weight is 414 g/mol. The molecule has 4 aromatic rings. The van der Waals surface area contributed by atoms with Crippen LogP contribution in [0, 0.1) is 0 Å². The molecule has 1 N–H and O–H groups in total. The maximum atomic E-state index is 12.6. The van der Waals surface area contributed by atoms with E-state index in [-0.39, 0.29) is 12.1 Å². The average Bonchev–Trinajstić information content (AvgIpc) is 3.15. The van der Waals surface area contributed by atoms with Gasteiger partial charge in [-0.25, -0.2) is 9.50 Å². The summed E-state index contributed by atoms with van der Waals surface area (Å²) in [5.74, 6) is -0.475. The Morgan fingerprint density at radius 1 is 1.13 bits per heavy atom. The normalized spacial score (nSPS) is 11.7. The highest BCUT2D eigenvalue weighted by atomic mass is 19.4. The molecule has 0 aliphatic carbocycles. The molecule has 2 heterocycles. The Balaban J connectivity index is 1.60. The molecule has 0 aliphatic rings. The van der Waals surface area contributed by atoms with Crippen LogP contribution >= 0.6 is 0 Å². The fraction of sp³-hybridized carbons (Fsp3) is 0.190. The Kier molecular flexibility index (Phi) is 5.03. The molecule has 0 spiro atoms. The largest absolute Gasteiger partial charge is 0.573 e. The summed E-state index contributed by atoms with van der Waals surface area (Å²) in [6.45, 7) is 2.01. The first-order chi connectivity index (χ1) is 14.4. The molecule has 4 rings (SSSR count). The van der Waals surface area contributed by atoms with Gasteiger partial charge in [0.25, 0.3) is 5.91 Å². The lowest BCUT2D eigenvalue weighted by molar-refractivity contribution is -0.274. The van der Waals surface area contributed by atoms with Crippen LogP contribution in [0.1, 0.15) is 28.8 Å². The molecule has 0 saturated heterocycles. The molecule has 0 atom stereocenters. The van der Waals surface area contributed by atoms with Crippen molar-refractivity contribution >= 4 is 22.3 Å². The van der Waals surface area contributed by atoms with Gasteiger partial charge in [-0.3, -0.25) is 4.79 Å². The van der Waals surface area contributed by atoms with E-state index in [4.69, 9.17) is 0 Å². The number of carbonyl (C=O) groups excluding carboxylic acids is 1. The summed E-state index contributed by atoms with van der Waals surface area (Å²) in [6, 6.07) is 14.7. The first-order valence-electron chi connectivity index (χ1n) is 9.25. The van der Waals surface area contributed by atoms with Gasteiger partial charge in [-0.2, -0.15) is 5.10 Å². The molecule has 30 heavy (non-hydrogen) atoms. The number of amides is 1. The monoisotopic (exact) mass is 414 g/mol. The van der Waals surface area contributed by atoms with Gasteiger partial charge in [-0.15, -0.1) is 13.2 Å². The van der Waals surface area contributed by atoms with Crippen molar-refractivity contribution in [3.05, 3.63) is 71.7 Å². The van der Waals surface area contributed by atoms with Crippen LogP contribution in [0.2, 0.25) is 0 Å². The standard InChI is InChI=1S/C21H17F3N4O2/c1-2-19-26-16-9-5-3-7-14(16)17-11-13(27-28(17)19)12-25-20(29)15-8-4-6-10-18(15)30-21(22,23)24/h3-11H,2,12H2,1H3,(H,25,29). The summed E-state index contributed by atoms with van der Waals surface area (Å²) in [7, 11) is 0. The van der Waals surface area contributed by atoms with Gasteiger partial charge in [-0.1, -0.05) is 37.3 Å². The highest BCUT2D eigenvalue weighted by Crippen LogP contribution is 2.26. The third-order valence-corrected chi connectivity index (χ3v) is 4.54. The molecule has 6 nitrogen and oxygen atoms in total. The number of carbonyl (C=O) groups is 1. The number of aromatic nitrogens is 3. The molecule has 154 valence electrons. The fourth-order valence-corrected chi connectivity index (χ4v) is 3.24. The SMILES string of the molecule is CCc1nc2ccccc2c2cc(CNC(=O)c3ccccc3OC(F)(F)F)nn12. The first kappa shape index (κ1) is 19.7. The van der Waals surface area contributed by atoms with Gasteiger partial charge in [0.2, 0.25) is 0 Å². The van der Waals surface area contributed by atoms with E-state index in [1.807, 2.05) is 37.3 Å². The van der Waals surface area contributed by atoms with Gasteiger partial charge in [0.15, 0.2) is 0 Å². The molecule has 0 bridgehead atoms. The van der Waals surface area contributed by atoms with Gasteiger partial charge in [0, 0.05) is 11.8 Å². The molecule has 0 fully saturated rings. The lowest BCUT2D eigenvalue weighted by atomic mass is 10.2. The second-order valence-corrected chi connectivity index (χ2v) is 6.56. The van der Waals surface area contributed by atoms with E-state index in [0.29, 0.717) is 12.1 Å². The third-order valence-electron chi connectivity index (χ3n) is 4.54. The van der Waals surface area contributed by atoms with Crippen LogP contribution in [0.15, 0.2) is 54.6 Å². The number of alkyl halides is 3. The molecule has 2 aromatic carbocycles. The number of hydrogen-bond donors (Lipinski definition) is 1. The van der Waals surface area contributed by atoms with Crippen LogP contribution in [-0.2, 0) is 13.0 Å². The van der Waals surface area contributed by atoms with E-state index in [0.717, 1.165) is 28.3 Å². The van der Waals surface area contributed by atoms with Gasteiger partial charge in [0.05, 0.1) is 28.8 Å². The van der Waals surface area contributed by atoms with E-state index in [9.17, 15) is 18.0 Å². The van der Waals surface area contributed by atoms with Crippen LogP contribution in [-0.4, -0.2) is 26.9 Å². The summed E-state index contributed by atoms with van der Waals surface area (Å²) in [4.78, 5) is 17.1. The molecule has 9 heteroatoms. The highest BCUT2D eigenvalue weighted by Gasteiger charge is 2.32. The zero-order chi connectivity index (χ0) is 21.3. The predicted molar refractivity (Wildman–Crippen MR) is 104 cm³/mol. The van der Waals surface area contributed by atoms with E-state index >= 15 is 0 Å². The minimum absolute atomic E-state index is 0.0400. The van der Waals surface area contributed by atoms with Crippen molar-refractivity contribution in [2.75, 3.05) is 0 Å². The van der Waals surface area contributed by atoms with Crippen LogP contribution in [0.25, 0.3) is 16.4 Å². The Morgan fingerprint density at radius 2 is 1.87 bits per heavy atom. The Hall–Kier alpha value is -3.62. The molecule has 0 aliphatic heterocycles. The predicted octanol–water partition coefficient (Wildman–Crippen LogP) is 4.27. The van der Waals surface area contributed by atoms with Crippen molar-refractivity contribution in [2.45, 2.75) is 26.3 Å². The minimum atomic E-state index is -4.89. The highest BCUT2D eigenvalue weighted by molar-refractivity contribution is 5.97. The van der Waals surface area contributed by atoms with Gasteiger partial charge in [-0.05, 0) is 24.3 Å². The van der Waals surface area contributed by atoms with Crippen molar-refractivity contribution in [1.29, 1.82) is 0 Å². The number of nitrogens with one attached hydrogen (secondary N) is 1. The molecule has 1 amide bonds. The number of benzene rings is 2. The van der Waals surface area contributed by atoms with E-state index in [2.05, 4.69) is 20.1 Å². The van der Waals surface area contributed by atoms with Crippen LogP contribution in [0.4, 0.5) is 13.2 Å². The van der Waals surface area contributed by atoms with E-state index < -0.39 is 18.0 Å². The number of hydrogen-bond acceptors (Lipinski definition) is 4. The van der Waals surface area contributed by atoms with Gasteiger partial charge in [0.1, 0.15) is 11.6 Å².